The van der Waals surface area contributed by atoms with Crippen LogP contribution in [-0.4, -0.2) is 41.3 Å². The van der Waals surface area contributed by atoms with E-state index in [-0.39, 0.29) is 41.3 Å². The molecule has 6 heteroatoms. The standard InChI is InChI=1S/C27H36O6/c1-23(2)19(14-22(30)31-6)24(3,10-8-20(23)28)18-7-11-25(4)17(16-9-12-32-15-16)13-21(29)27(25)26(18,5)33-27/h8-10,12,15,17-19,21,29H,7,11,13-14H2,1-6H3/t17-,18+,19-,21+,24+,25-,26+,27-/m0/s1. The van der Waals surface area contributed by atoms with Crippen molar-refractivity contribution < 1.29 is 28.6 Å². The summed E-state index contributed by atoms with van der Waals surface area (Å²) < 4.78 is 17.1. The second-order valence-corrected chi connectivity index (χ2v) is 11.9. The van der Waals surface area contributed by atoms with Crippen LogP contribution >= 0.6 is 0 Å². The molecule has 5 rings (SSSR count). The first-order valence-electron chi connectivity index (χ1n) is 12.1. The smallest absolute Gasteiger partial charge is 0.305 e. The molecule has 1 aliphatic heterocycles. The number of hydrogen-bond donors (Lipinski definition) is 1. The van der Waals surface area contributed by atoms with Crippen LogP contribution in [0.25, 0.3) is 0 Å². The van der Waals surface area contributed by atoms with Crippen LogP contribution < -0.4 is 0 Å². The number of carbonyl (C=O) groups is 2. The van der Waals surface area contributed by atoms with Crippen molar-refractivity contribution in [2.45, 2.75) is 83.5 Å². The van der Waals surface area contributed by atoms with E-state index >= 15 is 0 Å². The monoisotopic (exact) mass is 456 g/mol. The molecule has 0 radical (unpaired) electrons. The number of epoxide rings is 1. The van der Waals surface area contributed by atoms with E-state index in [9.17, 15) is 14.7 Å². The molecule has 1 saturated heterocycles. The maximum Gasteiger partial charge on any atom is 0.305 e. The molecule has 0 bridgehead atoms. The summed E-state index contributed by atoms with van der Waals surface area (Å²) in [5, 5.41) is 11.4. The van der Waals surface area contributed by atoms with Crippen LogP contribution in [0.1, 0.15) is 71.8 Å². The summed E-state index contributed by atoms with van der Waals surface area (Å²) >= 11 is 0. The van der Waals surface area contributed by atoms with Gasteiger partial charge in [0.25, 0.3) is 0 Å². The maximum absolute atomic E-state index is 12.9. The number of ether oxygens (including phenoxy) is 2. The van der Waals surface area contributed by atoms with Gasteiger partial charge in [-0.25, -0.2) is 0 Å². The van der Waals surface area contributed by atoms with E-state index in [4.69, 9.17) is 13.9 Å². The number of aliphatic hydroxyl groups is 1. The van der Waals surface area contributed by atoms with E-state index in [1.807, 2.05) is 26.0 Å². The number of furan rings is 1. The van der Waals surface area contributed by atoms with Gasteiger partial charge >= 0.3 is 5.97 Å². The topological polar surface area (TPSA) is 89.3 Å². The Balaban J connectivity index is 1.56. The van der Waals surface area contributed by atoms with Crippen molar-refractivity contribution in [1.82, 2.24) is 0 Å². The number of ketones is 1. The quantitative estimate of drug-likeness (QED) is 0.533. The second kappa shape index (κ2) is 6.82. The van der Waals surface area contributed by atoms with Gasteiger partial charge in [0.2, 0.25) is 0 Å². The summed E-state index contributed by atoms with van der Waals surface area (Å²) in [5.41, 5.74) is -1.48. The fourth-order valence-electron chi connectivity index (χ4n) is 8.59. The van der Waals surface area contributed by atoms with Crippen LogP contribution in [0.2, 0.25) is 0 Å². The molecule has 33 heavy (non-hydrogen) atoms. The number of esters is 1. The van der Waals surface area contributed by atoms with Gasteiger partial charge in [-0.15, -0.1) is 0 Å². The number of aliphatic hydroxyl groups excluding tert-OH is 1. The minimum atomic E-state index is -0.704. The van der Waals surface area contributed by atoms with Crippen molar-refractivity contribution in [3.63, 3.8) is 0 Å². The lowest BCUT2D eigenvalue weighted by Gasteiger charge is -2.54. The molecule has 1 aromatic heterocycles. The lowest BCUT2D eigenvalue weighted by molar-refractivity contribution is -0.148. The van der Waals surface area contributed by atoms with Crippen molar-refractivity contribution in [2.24, 2.45) is 28.1 Å². The highest BCUT2D eigenvalue weighted by molar-refractivity contribution is 5.96. The molecule has 3 fully saturated rings. The molecule has 6 nitrogen and oxygen atoms in total. The van der Waals surface area contributed by atoms with Crippen molar-refractivity contribution in [3.8, 4) is 0 Å². The summed E-state index contributed by atoms with van der Waals surface area (Å²) in [7, 11) is 1.39. The van der Waals surface area contributed by atoms with Gasteiger partial charge in [-0.3, -0.25) is 9.59 Å². The highest BCUT2D eigenvalue weighted by Crippen LogP contribution is 2.79. The van der Waals surface area contributed by atoms with E-state index in [2.05, 4.69) is 20.8 Å². The van der Waals surface area contributed by atoms with Gasteiger partial charge in [0, 0.05) is 10.8 Å². The van der Waals surface area contributed by atoms with E-state index in [1.165, 1.54) is 7.11 Å². The van der Waals surface area contributed by atoms with Crippen LogP contribution in [-0.2, 0) is 19.1 Å². The molecule has 1 N–H and O–H groups in total. The molecule has 3 aliphatic carbocycles. The molecule has 1 aromatic rings. The highest BCUT2D eigenvalue weighted by atomic mass is 16.6. The number of methoxy groups -OCH3 is 1. The molecule has 0 amide bonds. The molecule has 4 aliphatic rings. The summed E-state index contributed by atoms with van der Waals surface area (Å²) in [6.07, 6.45) is 9.20. The summed E-state index contributed by atoms with van der Waals surface area (Å²) in [6, 6.07) is 2.00. The van der Waals surface area contributed by atoms with Crippen molar-refractivity contribution in [1.29, 1.82) is 0 Å². The largest absolute Gasteiger partial charge is 0.472 e. The predicted octanol–water partition coefficient (Wildman–Crippen LogP) is 4.42. The van der Waals surface area contributed by atoms with Gasteiger partial charge in [0.05, 0.1) is 32.2 Å². The first-order chi connectivity index (χ1) is 15.4. The normalized spacial score (nSPS) is 47.7. The third-order valence-electron chi connectivity index (χ3n) is 10.4. The van der Waals surface area contributed by atoms with Crippen LogP contribution in [0.5, 0.6) is 0 Å². The molecule has 1 spiro atoms. The number of rotatable bonds is 4. The Labute approximate surface area is 195 Å². The first-order valence-corrected chi connectivity index (χ1v) is 12.1. The van der Waals surface area contributed by atoms with Crippen molar-refractivity contribution in [2.75, 3.05) is 7.11 Å². The fraction of sp³-hybridized carbons (Fsp3) is 0.704. The molecule has 0 unspecified atom stereocenters. The van der Waals surface area contributed by atoms with Gasteiger partial charge in [0.1, 0.15) is 11.2 Å². The minimum absolute atomic E-state index is 0.0343. The Morgan fingerprint density at radius 2 is 1.97 bits per heavy atom. The average Bonchev–Trinajstić information content (AvgIpc) is 3.06. The van der Waals surface area contributed by atoms with E-state index in [1.54, 1.807) is 18.6 Å². The maximum atomic E-state index is 12.9. The van der Waals surface area contributed by atoms with Crippen LogP contribution in [0, 0.1) is 28.1 Å². The van der Waals surface area contributed by atoms with Gasteiger partial charge in [-0.2, -0.15) is 0 Å². The van der Waals surface area contributed by atoms with Gasteiger partial charge in [-0.1, -0.05) is 33.8 Å². The van der Waals surface area contributed by atoms with Crippen molar-refractivity contribution >= 4 is 11.8 Å². The SMILES string of the molecule is COC(=O)C[C@H]1C(C)(C)C(=O)C=C[C@]1(C)[C@H]1CC[C@@]2(C)[C@H](c3ccoc3)C[C@@H](O)[C@]23O[C@]13C. The zero-order chi connectivity index (χ0) is 24.0. The van der Waals surface area contributed by atoms with Crippen LogP contribution in [0.4, 0.5) is 0 Å². The third kappa shape index (κ3) is 2.62. The van der Waals surface area contributed by atoms with Gasteiger partial charge in [0.15, 0.2) is 5.78 Å². The Morgan fingerprint density at radius 1 is 1.24 bits per heavy atom. The van der Waals surface area contributed by atoms with E-state index < -0.39 is 28.1 Å². The lowest BCUT2D eigenvalue weighted by Crippen LogP contribution is -2.58. The van der Waals surface area contributed by atoms with Gasteiger partial charge in [-0.05, 0) is 67.1 Å². The van der Waals surface area contributed by atoms with Crippen LogP contribution in [0.3, 0.4) is 0 Å². The first kappa shape index (κ1) is 22.9. The minimum Gasteiger partial charge on any atom is -0.472 e. The average molecular weight is 457 g/mol. The molecular weight excluding hydrogens is 420 g/mol. The predicted molar refractivity (Wildman–Crippen MR) is 121 cm³/mol. The van der Waals surface area contributed by atoms with E-state index in [0.717, 1.165) is 18.4 Å². The molecular formula is C27H36O6. The second-order valence-electron chi connectivity index (χ2n) is 11.9. The lowest BCUT2D eigenvalue weighted by atomic mass is 9.46. The fourth-order valence-corrected chi connectivity index (χ4v) is 8.59. The zero-order valence-corrected chi connectivity index (χ0v) is 20.5. The summed E-state index contributed by atoms with van der Waals surface area (Å²) in [6.45, 7) is 10.4. The highest BCUT2D eigenvalue weighted by Gasteiger charge is 2.87. The molecule has 0 aromatic carbocycles. The molecule has 2 saturated carbocycles. The zero-order valence-electron chi connectivity index (χ0n) is 20.5. The Morgan fingerprint density at radius 3 is 2.61 bits per heavy atom. The molecule has 180 valence electrons. The van der Waals surface area contributed by atoms with Gasteiger partial charge < -0.3 is 19.0 Å². The number of carbonyl (C=O) groups excluding carboxylic acids is 2. The Kier molecular flexibility index (Phi) is 4.72. The molecule has 2 heterocycles. The summed E-state index contributed by atoms with van der Waals surface area (Å²) in [4.78, 5) is 25.3. The Hall–Kier alpha value is -1.92. The van der Waals surface area contributed by atoms with E-state index in [0.29, 0.717) is 6.42 Å². The number of allylic oxidation sites excluding steroid dienone is 2. The van der Waals surface area contributed by atoms with Crippen molar-refractivity contribution in [3.05, 3.63) is 36.3 Å². The third-order valence-corrected chi connectivity index (χ3v) is 10.4. The Bertz CT molecular complexity index is 1010. The molecule has 8 atom stereocenters. The summed E-state index contributed by atoms with van der Waals surface area (Å²) in [5.74, 6) is -0.292. The number of hydrogen-bond acceptors (Lipinski definition) is 6. The van der Waals surface area contributed by atoms with Crippen LogP contribution in [0.15, 0.2) is 35.2 Å².